The van der Waals surface area contributed by atoms with E-state index in [4.69, 9.17) is 4.74 Å². The van der Waals surface area contributed by atoms with E-state index in [1.807, 2.05) is 26.1 Å². The molecule has 0 aromatic heterocycles. The summed E-state index contributed by atoms with van der Waals surface area (Å²) in [5.74, 6) is 0.676. The van der Waals surface area contributed by atoms with E-state index in [0.29, 0.717) is 18.7 Å². The number of carbonyl (C=O) groups excluding carboxylic acids is 1. The summed E-state index contributed by atoms with van der Waals surface area (Å²) in [6.45, 7) is 4.10. The second kappa shape index (κ2) is 7.68. The van der Waals surface area contributed by atoms with E-state index < -0.39 is 0 Å². The SMILES string of the molecule is CCCOc1cccc(C(=O)NCCNC)c1. The molecule has 1 aromatic carbocycles. The van der Waals surface area contributed by atoms with Crippen molar-refractivity contribution in [2.45, 2.75) is 13.3 Å². The van der Waals surface area contributed by atoms with Crippen LogP contribution >= 0.6 is 0 Å². The van der Waals surface area contributed by atoms with Crippen LogP contribution in [0.25, 0.3) is 0 Å². The molecule has 0 unspecified atom stereocenters. The quantitative estimate of drug-likeness (QED) is 0.704. The lowest BCUT2D eigenvalue weighted by Gasteiger charge is -2.07. The Labute approximate surface area is 102 Å². The van der Waals surface area contributed by atoms with Gasteiger partial charge in [-0.3, -0.25) is 4.79 Å². The van der Waals surface area contributed by atoms with Gasteiger partial charge in [0, 0.05) is 18.7 Å². The number of hydrogen-bond acceptors (Lipinski definition) is 3. The van der Waals surface area contributed by atoms with Gasteiger partial charge in [-0.1, -0.05) is 13.0 Å². The van der Waals surface area contributed by atoms with E-state index in [1.165, 1.54) is 0 Å². The van der Waals surface area contributed by atoms with Crippen LogP contribution in [0.15, 0.2) is 24.3 Å². The van der Waals surface area contributed by atoms with Gasteiger partial charge >= 0.3 is 0 Å². The van der Waals surface area contributed by atoms with Crippen LogP contribution in [0.4, 0.5) is 0 Å². The summed E-state index contributed by atoms with van der Waals surface area (Å²) < 4.78 is 5.48. The summed E-state index contributed by atoms with van der Waals surface area (Å²) in [6.07, 6.45) is 0.957. The van der Waals surface area contributed by atoms with Crippen molar-refractivity contribution < 1.29 is 9.53 Å². The highest BCUT2D eigenvalue weighted by Crippen LogP contribution is 2.13. The molecular formula is C13H20N2O2. The van der Waals surface area contributed by atoms with E-state index in [9.17, 15) is 4.79 Å². The van der Waals surface area contributed by atoms with Crippen LogP contribution in [0.1, 0.15) is 23.7 Å². The Morgan fingerprint density at radius 1 is 1.35 bits per heavy atom. The Bertz CT molecular complexity index is 353. The number of carbonyl (C=O) groups is 1. The fourth-order valence-corrected chi connectivity index (χ4v) is 1.35. The number of rotatable bonds is 7. The smallest absolute Gasteiger partial charge is 0.251 e. The zero-order valence-corrected chi connectivity index (χ0v) is 10.5. The van der Waals surface area contributed by atoms with Crippen LogP contribution in [-0.4, -0.2) is 32.7 Å². The molecule has 0 spiro atoms. The first kappa shape index (κ1) is 13.5. The Morgan fingerprint density at radius 3 is 2.88 bits per heavy atom. The molecule has 1 rings (SSSR count). The predicted molar refractivity (Wildman–Crippen MR) is 68.5 cm³/mol. The van der Waals surface area contributed by atoms with E-state index >= 15 is 0 Å². The highest BCUT2D eigenvalue weighted by molar-refractivity contribution is 5.94. The molecule has 0 aliphatic heterocycles. The Kier molecular flexibility index (Phi) is 6.10. The minimum atomic E-state index is -0.0674. The lowest BCUT2D eigenvalue weighted by atomic mass is 10.2. The average molecular weight is 236 g/mol. The van der Waals surface area contributed by atoms with E-state index in [0.717, 1.165) is 18.7 Å². The molecule has 0 fully saturated rings. The molecule has 0 atom stereocenters. The molecular weight excluding hydrogens is 216 g/mol. The van der Waals surface area contributed by atoms with Crippen LogP contribution < -0.4 is 15.4 Å². The van der Waals surface area contributed by atoms with Gasteiger partial charge < -0.3 is 15.4 Å². The zero-order valence-electron chi connectivity index (χ0n) is 10.5. The summed E-state index contributed by atoms with van der Waals surface area (Å²) >= 11 is 0. The highest BCUT2D eigenvalue weighted by atomic mass is 16.5. The summed E-state index contributed by atoms with van der Waals surface area (Å²) in [5.41, 5.74) is 0.634. The topological polar surface area (TPSA) is 50.4 Å². The number of amides is 1. The third kappa shape index (κ3) is 4.87. The summed E-state index contributed by atoms with van der Waals surface area (Å²) in [4.78, 5) is 11.8. The molecule has 0 bridgehead atoms. The largest absolute Gasteiger partial charge is 0.494 e. The number of benzene rings is 1. The summed E-state index contributed by atoms with van der Waals surface area (Å²) in [6, 6.07) is 7.25. The number of nitrogens with one attached hydrogen (secondary N) is 2. The molecule has 0 aliphatic carbocycles. The van der Waals surface area contributed by atoms with Crippen molar-refractivity contribution in [1.29, 1.82) is 0 Å². The number of likely N-dealkylation sites (N-methyl/N-ethyl adjacent to an activating group) is 1. The monoisotopic (exact) mass is 236 g/mol. The number of hydrogen-bond donors (Lipinski definition) is 2. The summed E-state index contributed by atoms with van der Waals surface area (Å²) in [7, 11) is 1.85. The van der Waals surface area contributed by atoms with Crippen LogP contribution in [-0.2, 0) is 0 Å². The third-order valence-electron chi connectivity index (χ3n) is 2.23. The molecule has 94 valence electrons. The normalized spacial score (nSPS) is 10.0. The standard InChI is InChI=1S/C13H20N2O2/c1-3-9-17-12-6-4-5-11(10-12)13(16)15-8-7-14-2/h4-6,10,14H,3,7-9H2,1-2H3,(H,15,16). The lowest BCUT2D eigenvalue weighted by Crippen LogP contribution is -2.30. The first-order valence-electron chi connectivity index (χ1n) is 5.93. The zero-order chi connectivity index (χ0) is 12.5. The molecule has 1 amide bonds. The van der Waals surface area contributed by atoms with E-state index in [-0.39, 0.29) is 5.91 Å². The van der Waals surface area contributed by atoms with Crippen molar-refractivity contribution >= 4 is 5.91 Å². The molecule has 17 heavy (non-hydrogen) atoms. The van der Waals surface area contributed by atoms with Gasteiger partial charge in [0.1, 0.15) is 5.75 Å². The molecule has 4 nitrogen and oxygen atoms in total. The van der Waals surface area contributed by atoms with Gasteiger partial charge in [0.15, 0.2) is 0 Å². The van der Waals surface area contributed by atoms with Gasteiger partial charge in [-0.25, -0.2) is 0 Å². The molecule has 1 aromatic rings. The minimum Gasteiger partial charge on any atom is -0.494 e. The fraction of sp³-hybridized carbons (Fsp3) is 0.462. The van der Waals surface area contributed by atoms with Crippen LogP contribution in [0.2, 0.25) is 0 Å². The number of ether oxygens (including phenoxy) is 1. The van der Waals surface area contributed by atoms with Gasteiger partial charge in [-0.15, -0.1) is 0 Å². The van der Waals surface area contributed by atoms with Gasteiger partial charge in [0.2, 0.25) is 0 Å². The van der Waals surface area contributed by atoms with E-state index in [2.05, 4.69) is 10.6 Å². The molecule has 0 aliphatic rings. The van der Waals surface area contributed by atoms with Crippen molar-refractivity contribution in [3.8, 4) is 5.75 Å². The van der Waals surface area contributed by atoms with Crippen molar-refractivity contribution in [3.63, 3.8) is 0 Å². The second-order valence-corrected chi connectivity index (χ2v) is 3.74. The molecule has 0 radical (unpaired) electrons. The van der Waals surface area contributed by atoms with Gasteiger partial charge in [0.25, 0.3) is 5.91 Å². The van der Waals surface area contributed by atoms with Crippen molar-refractivity contribution in [3.05, 3.63) is 29.8 Å². The van der Waals surface area contributed by atoms with Crippen molar-refractivity contribution in [1.82, 2.24) is 10.6 Å². The Morgan fingerprint density at radius 2 is 2.18 bits per heavy atom. The van der Waals surface area contributed by atoms with Gasteiger partial charge in [-0.05, 0) is 31.7 Å². The minimum absolute atomic E-state index is 0.0674. The molecule has 0 saturated carbocycles. The summed E-state index contributed by atoms with van der Waals surface area (Å²) in [5, 5.41) is 5.80. The Balaban J connectivity index is 2.54. The maximum atomic E-state index is 11.8. The van der Waals surface area contributed by atoms with Crippen molar-refractivity contribution in [2.75, 3.05) is 26.7 Å². The van der Waals surface area contributed by atoms with Crippen LogP contribution in [0.5, 0.6) is 5.75 Å². The predicted octanol–water partition coefficient (Wildman–Crippen LogP) is 1.42. The second-order valence-electron chi connectivity index (χ2n) is 3.74. The lowest BCUT2D eigenvalue weighted by molar-refractivity contribution is 0.0953. The average Bonchev–Trinajstić information content (AvgIpc) is 2.37. The van der Waals surface area contributed by atoms with Crippen LogP contribution in [0.3, 0.4) is 0 Å². The fourth-order valence-electron chi connectivity index (χ4n) is 1.35. The maximum Gasteiger partial charge on any atom is 0.251 e. The first-order chi connectivity index (χ1) is 8.27. The van der Waals surface area contributed by atoms with Crippen molar-refractivity contribution in [2.24, 2.45) is 0 Å². The first-order valence-corrected chi connectivity index (χ1v) is 5.93. The maximum absolute atomic E-state index is 11.8. The van der Waals surface area contributed by atoms with Gasteiger partial charge in [-0.2, -0.15) is 0 Å². The third-order valence-corrected chi connectivity index (χ3v) is 2.23. The molecule has 0 saturated heterocycles. The highest BCUT2D eigenvalue weighted by Gasteiger charge is 2.05. The molecule has 0 heterocycles. The van der Waals surface area contributed by atoms with E-state index in [1.54, 1.807) is 12.1 Å². The van der Waals surface area contributed by atoms with Gasteiger partial charge in [0.05, 0.1) is 6.61 Å². The van der Waals surface area contributed by atoms with Crippen LogP contribution in [0, 0.1) is 0 Å². The molecule has 4 heteroatoms. The Hall–Kier alpha value is -1.55. The molecule has 2 N–H and O–H groups in total.